The summed E-state index contributed by atoms with van der Waals surface area (Å²) in [7, 11) is 0. The van der Waals surface area contributed by atoms with Crippen LogP contribution in [0.5, 0.6) is 0 Å². The van der Waals surface area contributed by atoms with E-state index in [4.69, 9.17) is 16.7 Å². The Bertz CT molecular complexity index is 571. The molecule has 1 aliphatic rings. The van der Waals surface area contributed by atoms with Crippen LogP contribution in [0.25, 0.3) is 0 Å². The maximum Gasteiger partial charge on any atom is 0.338 e. The normalized spacial score (nSPS) is 19.8. The smallest absolute Gasteiger partial charge is 0.338 e. The van der Waals surface area contributed by atoms with Crippen LogP contribution in [-0.2, 0) is 0 Å². The fraction of sp³-hybridized carbons (Fsp3) is 0.417. The Hall–Kier alpha value is -1.82. The van der Waals surface area contributed by atoms with Gasteiger partial charge in [-0.2, -0.15) is 0 Å². The van der Waals surface area contributed by atoms with E-state index in [1.165, 1.54) is 0 Å². The van der Waals surface area contributed by atoms with Crippen molar-refractivity contribution in [2.45, 2.75) is 26.3 Å². The van der Waals surface area contributed by atoms with Crippen LogP contribution in [0.2, 0.25) is 5.02 Å². The van der Waals surface area contributed by atoms with Crippen LogP contribution in [-0.4, -0.2) is 22.0 Å². The molecule has 6 nitrogen and oxygen atoms in total. The van der Waals surface area contributed by atoms with Crippen LogP contribution in [0.3, 0.4) is 0 Å². The Balaban J connectivity index is 2.41. The number of carbonyl (C=O) groups is 1. The molecule has 0 bridgehead atoms. The molecule has 2 rings (SSSR count). The number of carboxylic acid groups (broad SMARTS) is 1. The Kier molecular flexibility index (Phi) is 3.14. The number of non-ortho nitro benzene ring substituents is 1. The maximum absolute atomic E-state index is 11.2. The van der Waals surface area contributed by atoms with E-state index in [0.29, 0.717) is 0 Å². The highest BCUT2D eigenvalue weighted by Crippen LogP contribution is 2.48. The third kappa shape index (κ3) is 2.63. The highest BCUT2D eigenvalue weighted by molar-refractivity contribution is 6.34. The van der Waals surface area contributed by atoms with Gasteiger partial charge < -0.3 is 10.4 Å². The number of halogens is 1. The molecule has 0 aromatic heterocycles. The number of nitro groups is 1. The molecule has 0 spiro atoms. The van der Waals surface area contributed by atoms with E-state index in [1.54, 1.807) is 0 Å². The monoisotopic (exact) mass is 284 g/mol. The fourth-order valence-electron chi connectivity index (χ4n) is 1.90. The molecule has 1 unspecified atom stereocenters. The van der Waals surface area contributed by atoms with Gasteiger partial charge >= 0.3 is 5.97 Å². The highest BCUT2D eigenvalue weighted by atomic mass is 35.5. The van der Waals surface area contributed by atoms with Gasteiger partial charge in [-0.3, -0.25) is 10.1 Å². The van der Waals surface area contributed by atoms with Gasteiger partial charge in [0.2, 0.25) is 0 Å². The zero-order valence-electron chi connectivity index (χ0n) is 10.4. The van der Waals surface area contributed by atoms with E-state index in [9.17, 15) is 14.9 Å². The number of hydrogen-bond donors (Lipinski definition) is 2. The topological polar surface area (TPSA) is 92.5 Å². The van der Waals surface area contributed by atoms with Gasteiger partial charge in [0.25, 0.3) is 5.69 Å². The number of benzene rings is 1. The summed E-state index contributed by atoms with van der Waals surface area (Å²) in [6, 6.07) is 2.31. The Morgan fingerprint density at radius 3 is 2.58 bits per heavy atom. The molecule has 2 N–H and O–H groups in total. The second kappa shape index (κ2) is 4.38. The summed E-state index contributed by atoms with van der Waals surface area (Å²) in [5.41, 5.74) is -0.179. The Morgan fingerprint density at radius 2 is 2.16 bits per heavy atom. The molecule has 0 radical (unpaired) electrons. The first-order valence-electron chi connectivity index (χ1n) is 5.70. The number of aromatic carboxylic acids is 1. The zero-order valence-corrected chi connectivity index (χ0v) is 11.2. The van der Waals surface area contributed by atoms with Crippen molar-refractivity contribution in [3.05, 3.63) is 32.8 Å². The first-order chi connectivity index (χ1) is 8.72. The number of nitrogens with zero attached hydrogens (tertiary/aromatic N) is 1. The standard InChI is InChI=1S/C12H13ClN2O4/c1-12(2)5-9(12)14-10-7(11(16)17)3-6(15(18)19)4-8(10)13/h3-4,9,14H,5H2,1-2H3,(H,16,17). The van der Waals surface area contributed by atoms with Gasteiger partial charge in [-0.25, -0.2) is 4.79 Å². The lowest BCUT2D eigenvalue weighted by atomic mass is 10.1. The van der Waals surface area contributed by atoms with Crippen LogP contribution < -0.4 is 5.32 Å². The summed E-state index contributed by atoms with van der Waals surface area (Å²) in [6.07, 6.45) is 0.902. The van der Waals surface area contributed by atoms with Crippen molar-refractivity contribution in [3.8, 4) is 0 Å². The summed E-state index contributed by atoms with van der Waals surface area (Å²) >= 11 is 5.96. The largest absolute Gasteiger partial charge is 0.478 e. The lowest BCUT2D eigenvalue weighted by Crippen LogP contribution is -2.13. The molecule has 19 heavy (non-hydrogen) atoms. The molecule has 1 saturated carbocycles. The number of hydrogen-bond acceptors (Lipinski definition) is 4. The first kappa shape index (κ1) is 13.6. The average molecular weight is 285 g/mol. The molecular formula is C12H13ClN2O4. The zero-order chi connectivity index (χ0) is 14.4. The van der Waals surface area contributed by atoms with Crippen LogP contribution in [0.1, 0.15) is 30.6 Å². The first-order valence-corrected chi connectivity index (χ1v) is 6.08. The molecule has 1 atom stereocenters. The molecular weight excluding hydrogens is 272 g/mol. The predicted octanol–water partition coefficient (Wildman–Crippen LogP) is 3.16. The SMILES string of the molecule is CC1(C)CC1Nc1c(Cl)cc([N+](=O)[O-])cc1C(=O)O. The molecule has 102 valence electrons. The minimum atomic E-state index is -1.24. The van der Waals surface area contributed by atoms with Crippen LogP contribution in [0.15, 0.2) is 12.1 Å². The fourth-order valence-corrected chi connectivity index (χ4v) is 2.17. The summed E-state index contributed by atoms with van der Waals surface area (Å²) in [5.74, 6) is -1.24. The van der Waals surface area contributed by atoms with Crippen LogP contribution >= 0.6 is 11.6 Å². The number of nitro benzene ring substituents is 1. The van der Waals surface area contributed by atoms with Crippen molar-refractivity contribution in [2.75, 3.05) is 5.32 Å². The van der Waals surface area contributed by atoms with Crippen molar-refractivity contribution in [2.24, 2.45) is 5.41 Å². The maximum atomic E-state index is 11.2. The average Bonchev–Trinajstić information content (AvgIpc) is 2.88. The molecule has 1 aromatic rings. The molecule has 0 aliphatic heterocycles. The molecule has 0 amide bonds. The van der Waals surface area contributed by atoms with E-state index >= 15 is 0 Å². The summed E-state index contributed by atoms with van der Waals surface area (Å²) in [4.78, 5) is 21.2. The molecule has 1 aliphatic carbocycles. The summed E-state index contributed by atoms with van der Waals surface area (Å²) in [6.45, 7) is 4.09. The third-order valence-electron chi connectivity index (χ3n) is 3.35. The van der Waals surface area contributed by atoms with Gasteiger partial charge in [0.1, 0.15) is 0 Å². The van der Waals surface area contributed by atoms with Crippen molar-refractivity contribution < 1.29 is 14.8 Å². The van der Waals surface area contributed by atoms with Gasteiger partial charge in [-0.1, -0.05) is 25.4 Å². The van der Waals surface area contributed by atoms with Crippen molar-refractivity contribution in [1.29, 1.82) is 0 Å². The summed E-state index contributed by atoms with van der Waals surface area (Å²) in [5, 5.41) is 23.0. The third-order valence-corrected chi connectivity index (χ3v) is 3.65. The summed E-state index contributed by atoms with van der Waals surface area (Å²) < 4.78 is 0. The molecule has 7 heteroatoms. The van der Waals surface area contributed by atoms with Crippen molar-refractivity contribution in [3.63, 3.8) is 0 Å². The highest BCUT2D eigenvalue weighted by Gasteiger charge is 2.46. The number of rotatable bonds is 4. The number of carboxylic acids is 1. The van der Waals surface area contributed by atoms with Crippen molar-refractivity contribution >= 4 is 28.9 Å². The minimum absolute atomic E-state index is 0.0503. The van der Waals surface area contributed by atoms with Crippen LogP contribution in [0, 0.1) is 15.5 Å². The van der Waals surface area contributed by atoms with E-state index in [2.05, 4.69) is 5.32 Å². The lowest BCUT2D eigenvalue weighted by molar-refractivity contribution is -0.384. The van der Waals surface area contributed by atoms with Gasteiger partial charge in [0, 0.05) is 18.2 Å². The molecule has 1 fully saturated rings. The van der Waals surface area contributed by atoms with Gasteiger partial charge in [0.15, 0.2) is 0 Å². The number of anilines is 1. The molecule has 1 aromatic carbocycles. The molecule has 0 heterocycles. The van der Waals surface area contributed by atoms with Crippen LogP contribution in [0.4, 0.5) is 11.4 Å². The minimum Gasteiger partial charge on any atom is -0.478 e. The number of nitrogens with one attached hydrogen (secondary N) is 1. The van der Waals surface area contributed by atoms with Crippen molar-refractivity contribution in [1.82, 2.24) is 0 Å². The van der Waals surface area contributed by atoms with Gasteiger partial charge in [-0.15, -0.1) is 0 Å². The lowest BCUT2D eigenvalue weighted by Gasteiger charge is -2.12. The van der Waals surface area contributed by atoms with Gasteiger partial charge in [-0.05, 0) is 11.8 Å². The predicted molar refractivity (Wildman–Crippen MR) is 70.9 cm³/mol. The molecule has 0 saturated heterocycles. The van der Waals surface area contributed by atoms with Gasteiger partial charge in [0.05, 0.1) is 21.2 Å². The Morgan fingerprint density at radius 1 is 1.58 bits per heavy atom. The quantitative estimate of drug-likeness (QED) is 0.654. The van der Waals surface area contributed by atoms with E-state index in [-0.39, 0.29) is 33.4 Å². The van der Waals surface area contributed by atoms with E-state index in [0.717, 1.165) is 18.6 Å². The van der Waals surface area contributed by atoms with E-state index < -0.39 is 10.9 Å². The van der Waals surface area contributed by atoms with E-state index in [1.807, 2.05) is 13.8 Å². The Labute approximate surface area is 114 Å². The second-order valence-corrected chi connectivity index (χ2v) is 5.71. The second-order valence-electron chi connectivity index (χ2n) is 5.30.